The summed E-state index contributed by atoms with van der Waals surface area (Å²) >= 11 is 0. The van der Waals surface area contributed by atoms with Crippen molar-refractivity contribution in [2.75, 3.05) is 11.9 Å². The Morgan fingerprint density at radius 1 is 1.25 bits per heavy atom. The molecule has 0 aliphatic heterocycles. The summed E-state index contributed by atoms with van der Waals surface area (Å²) < 4.78 is 1.75. The number of rotatable bonds is 7. The van der Waals surface area contributed by atoms with Gasteiger partial charge in [-0.3, -0.25) is 0 Å². The van der Waals surface area contributed by atoms with Crippen LogP contribution in [-0.2, 0) is 6.54 Å². The second kappa shape index (κ2) is 7.55. The molecule has 0 bridgehead atoms. The summed E-state index contributed by atoms with van der Waals surface area (Å²) in [7, 11) is 0. The molecule has 122 valence electrons. The van der Waals surface area contributed by atoms with Crippen molar-refractivity contribution < 1.29 is 0 Å². The smallest absolute Gasteiger partial charge is 0.163 e. The highest BCUT2D eigenvalue weighted by Crippen LogP contribution is 2.23. The van der Waals surface area contributed by atoms with Crippen LogP contribution in [0.2, 0.25) is 0 Å². The second-order valence-electron chi connectivity index (χ2n) is 5.63. The second-order valence-corrected chi connectivity index (χ2v) is 5.63. The van der Waals surface area contributed by atoms with Gasteiger partial charge < -0.3 is 5.32 Å². The molecule has 0 saturated heterocycles. The fourth-order valence-electron chi connectivity index (χ4n) is 2.80. The highest BCUT2D eigenvalue weighted by atomic mass is 15.3. The quantitative estimate of drug-likeness (QED) is 0.722. The van der Waals surface area contributed by atoms with Crippen molar-refractivity contribution in [1.82, 2.24) is 19.7 Å². The van der Waals surface area contributed by atoms with Gasteiger partial charge >= 0.3 is 0 Å². The van der Waals surface area contributed by atoms with Gasteiger partial charge in [0.05, 0.1) is 30.6 Å². The number of benzene rings is 1. The van der Waals surface area contributed by atoms with E-state index >= 15 is 0 Å². The molecule has 0 fully saturated rings. The van der Waals surface area contributed by atoms with Crippen molar-refractivity contribution in [1.29, 1.82) is 5.26 Å². The van der Waals surface area contributed by atoms with E-state index in [0.717, 1.165) is 29.8 Å². The monoisotopic (exact) mass is 320 g/mol. The van der Waals surface area contributed by atoms with E-state index in [-0.39, 0.29) is 0 Å². The third-order valence-electron chi connectivity index (χ3n) is 4.15. The highest BCUT2D eigenvalue weighted by Gasteiger charge is 2.12. The average Bonchev–Trinajstić information content (AvgIpc) is 3.05. The molecule has 2 heterocycles. The summed E-state index contributed by atoms with van der Waals surface area (Å²) in [6.45, 7) is 3.53. The van der Waals surface area contributed by atoms with Gasteiger partial charge in [0, 0.05) is 12.5 Å². The number of anilines is 1. The number of aromatic nitrogens is 4. The maximum Gasteiger partial charge on any atom is 0.163 e. The van der Waals surface area contributed by atoms with Crippen molar-refractivity contribution in [2.45, 2.75) is 32.2 Å². The van der Waals surface area contributed by atoms with Crippen LogP contribution in [-0.4, -0.2) is 26.3 Å². The van der Waals surface area contributed by atoms with Crippen LogP contribution in [0.3, 0.4) is 0 Å². The fraction of sp³-hybridized carbons (Fsp3) is 0.333. The molecule has 1 aromatic carbocycles. The van der Waals surface area contributed by atoms with E-state index in [1.165, 1.54) is 5.56 Å². The van der Waals surface area contributed by atoms with Crippen LogP contribution in [0, 0.1) is 11.3 Å². The molecule has 0 saturated carbocycles. The Labute approximate surface area is 141 Å². The third-order valence-corrected chi connectivity index (χ3v) is 4.15. The van der Waals surface area contributed by atoms with Crippen LogP contribution >= 0.6 is 0 Å². The number of fused-ring (bicyclic) bond motifs is 1. The van der Waals surface area contributed by atoms with Crippen molar-refractivity contribution in [2.24, 2.45) is 0 Å². The zero-order valence-corrected chi connectivity index (χ0v) is 13.7. The van der Waals surface area contributed by atoms with Crippen LogP contribution in [0.1, 0.15) is 31.2 Å². The molecule has 24 heavy (non-hydrogen) atoms. The lowest BCUT2D eigenvalue weighted by atomic mass is 9.96. The van der Waals surface area contributed by atoms with E-state index in [1.807, 2.05) is 6.07 Å². The largest absolute Gasteiger partial charge is 0.369 e. The minimum absolute atomic E-state index is 0.412. The predicted molar refractivity (Wildman–Crippen MR) is 93.5 cm³/mol. The molecule has 3 rings (SSSR count). The topological polar surface area (TPSA) is 79.4 Å². The standard InChI is InChI=1S/C18H20N6/c1-2-14(15-7-4-3-5-8-15)11-20-17-16-12-23-24(10-6-9-19)18(16)22-13-21-17/h3-5,7-8,12-14H,2,6,10-11H2,1H3,(H,20,21,22)/t14-/m0/s1. The number of nitrogens with one attached hydrogen (secondary N) is 1. The number of nitriles is 1. The number of hydrogen-bond donors (Lipinski definition) is 1. The Balaban J connectivity index is 1.78. The zero-order chi connectivity index (χ0) is 16.8. The molecular weight excluding hydrogens is 300 g/mol. The molecule has 3 aromatic rings. The molecule has 1 N–H and O–H groups in total. The molecule has 0 radical (unpaired) electrons. The number of nitrogens with zero attached hydrogens (tertiary/aromatic N) is 5. The molecule has 0 spiro atoms. The van der Waals surface area contributed by atoms with Crippen LogP contribution in [0.15, 0.2) is 42.9 Å². The van der Waals surface area contributed by atoms with Gasteiger partial charge in [0.15, 0.2) is 5.65 Å². The summed E-state index contributed by atoms with van der Waals surface area (Å²) in [6.07, 6.45) is 4.76. The van der Waals surface area contributed by atoms with Gasteiger partial charge in [-0.25, -0.2) is 14.6 Å². The van der Waals surface area contributed by atoms with Crippen LogP contribution in [0.5, 0.6) is 0 Å². The number of aryl methyl sites for hydroxylation is 1. The van der Waals surface area contributed by atoms with Crippen molar-refractivity contribution in [3.63, 3.8) is 0 Å². The van der Waals surface area contributed by atoms with Gasteiger partial charge in [-0.15, -0.1) is 0 Å². The molecule has 6 nitrogen and oxygen atoms in total. The van der Waals surface area contributed by atoms with Gasteiger partial charge in [-0.2, -0.15) is 10.4 Å². The summed E-state index contributed by atoms with van der Waals surface area (Å²) in [4.78, 5) is 8.66. The van der Waals surface area contributed by atoms with Crippen LogP contribution < -0.4 is 5.32 Å². The lowest BCUT2D eigenvalue weighted by Crippen LogP contribution is -2.13. The van der Waals surface area contributed by atoms with E-state index in [4.69, 9.17) is 5.26 Å². The Morgan fingerprint density at radius 2 is 2.08 bits per heavy atom. The molecular formula is C18H20N6. The molecule has 1 atom stereocenters. The Bertz CT molecular complexity index is 834. The van der Waals surface area contributed by atoms with Gasteiger partial charge in [0.25, 0.3) is 0 Å². The first-order valence-corrected chi connectivity index (χ1v) is 8.15. The SMILES string of the molecule is CC[C@@H](CNc1ncnc2c1cnn2CCC#N)c1ccccc1. The Hall–Kier alpha value is -2.94. The lowest BCUT2D eigenvalue weighted by Gasteiger charge is -2.16. The summed E-state index contributed by atoms with van der Waals surface area (Å²) in [5, 5.41) is 17.4. The van der Waals surface area contributed by atoms with Gasteiger partial charge in [-0.05, 0) is 12.0 Å². The molecule has 0 amide bonds. The van der Waals surface area contributed by atoms with Crippen molar-refractivity contribution >= 4 is 16.9 Å². The maximum atomic E-state index is 8.74. The van der Waals surface area contributed by atoms with Crippen LogP contribution in [0.4, 0.5) is 5.82 Å². The third kappa shape index (κ3) is 3.35. The predicted octanol–water partition coefficient (Wildman–Crippen LogP) is 3.35. The maximum absolute atomic E-state index is 8.74. The van der Waals surface area contributed by atoms with Crippen molar-refractivity contribution in [3.8, 4) is 6.07 Å². The van der Waals surface area contributed by atoms with E-state index in [1.54, 1.807) is 17.2 Å². The Kier molecular flexibility index (Phi) is 5.02. The minimum Gasteiger partial charge on any atom is -0.369 e. The normalized spacial score (nSPS) is 12.0. The molecule has 6 heteroatoms. The first-order chi connectivity index (χ1) is 11.8. The van der Waals surface area contributed by atoms with Gasteiger partial charge in [0.1, 0.15) is 12.1 Å². The lowest BCUT2D eigenvalue weighted by molar-refractivity contribution is 0.643. The molecule has 0 aliphatic rings. The van der Waals surface area contributed by atoms with E-state index in [0.29, 0.717) is 18.9 Å². The first kappa shape index (κ1) is 15.9. The van der Waals surface area contributed by atoms with E-state index in [2.05, 4.69) is 57.6 Å². The van der Waals surface area contributed by atoms with Gasteiger partial charge in [-0.1, -0.05) is 37.3 Å². The first-order valence-electron chi connectivity index (χ1n) is 8.15. The molecule has 0 unspecified atom stereocenters. The summed E-state index contributed by atoms with van der Waals surface area (Å²) in [6, 6.07) is 12.6. The Morgan fingerprint density at radius 3 is 2.83 bits per heavy atom. The van der Waals surface area contributed by atoms with Gasteiger partial charge in [0.2, 0.25) is 0 Å². The van der Waals surface area contributed by atoms with E-state index in [9.17, 15) is 0 Å². The van der Waals surface area contributed by atoms with E-state index < -0.39 is 0 Å². The van der Waals surface area contributed by atoms with Crippen molar-refractivity contribution in [3.05, 3.63) is 48.4 Å². The van der Waals surface area contributed by atoms with Crippen LogP contribution in [0.25, 0.3) is 11.0 Å². The molecule has 2 aromatic heterocycles. The number of hydrogen-bond acceptors (Lipinski definition) is 5. The summed E-state index contributed by atoms with van der Waals surface area (Å²) in [5.41, 5.74) is 2.08. The zero-order valence-electron chi connectivity index (χ0n) is 13.7. The highest BCUT2D eigenvalue weighted by molar-refractivity contribution is 5.86. The fourth-order valence-corrected chi connectivity index (χ4v) is 2.80. The average molecular weight is 320 g/mol. The molecule has 0 aliphatic carbocycles. The minimum atomic E-state index is 0.412. The summed E-state index contributed by atoms with van der Waals surface area (Å²) in [5.74, 6) is 1.21.